The Labute approximate surface area is 198 Å². The van der Waals surface area contributed by atoms with Gasteiger partial charge in [-0.15, -0.1) is 0 Å². The number of aromatic nitrogens is 5. The maximum Gasteiger partial charge on any atom is 0.220 e. The van der Waals surface area contributed by atoms with Crippen LogP contribution >= 0.6 is 0 Å². The second kappa shape index (κ2) is 9.10. The van der Waals surface area contributed by atoms with Crippen LogP contribution in [0.3, 0.4) is 0 Å². The van der Waals surface area contributed by atoms with E-state index in [0.717, 1.165) is 48.3 Å². The predicted molar refractivity (Wildman–Crippen MR) is 127 cm³/mol. The zero-order valence-electron chi connectivity index (χ0n) is 19.5. The summed E-state index contributed by atoms with van der Waals surface area (Å²) in [5.41, 5.74) is 7.32. The summed E-state index contributed by atoms with van der Waals surface area (Å²) < 4.78 is 3.75. The smallest absolute Gasteiger partial charge is 0.220 e. The molecule has 3 heterocycles. The Hall–Kier alpha value is -3.99. The number of fused-ring (bicyclic) bond motifs is 2. The third-order valence-corrected chi connectivity index (χ3v) is 6.70. The van der Waals surface area contributed by atoms with Gasteiger partial charge in [-0.25, -0.2) is 9.50 Å². The first kappa shape index (κ1) is 21.8. The van der Waals surface area contributed by atoms with Gasteiger partial charge in [0.05, 0.1) is 25.0 Å². The molecule has 8 nitrogen and oxygen atoms in total. The molecule has 8 heteroatoms. The fourth-order valence-corrected chi connectivity index (χ4v) is 4.92. The van der Waals surface area contributed by atoms with Crippen molar-refractivity contribution in [1.82, 2.24) is 29.7 Å². The highest BCUT2D eigenvalue weighted by Gasteiger charge is 2.26. The Kier molecular flexibility index (Phi) is 5.84. The standard InChI is InChI=1S/C26H27N7O/c1-17-21(18(2)33-26(30-17)20(13-27)14-29-33)11-12-25(34)31-23-9-6-10-24-22(23)15-28-32(24)16-19-7-4-3-5-8-19/h3-5,7-8,14-15,23H,6,9-12,16H2,1-2H3,(H,31,34). The normalized spacial score (nSPS) is 15.1. The van der Waals surface area contributed by atoms with Gasteiger partial charge in [0, 0.05) is 29.1 Å². The number of nitriles is 1. The van der Waals surface area contributed by atoms with Crippen molar-refractivity contribution in [3.05, 3.63) is 82.1 Å². The van der Waals surface area contributed by atoms with Crippen molar-refractivity contribution in [3.8, 4) is 6.07 Å². The average molecular weight is 454 g/mol. The first-order chi connectivity index (χ1) is 16.5. The molecule has 0 saturated carbocycles. The molecule has 0 fully saturated rings. The van der Waals surface area contributed by atoms with Gasteiger partial charge in [-0.1, -0.05) is 30.3 Å². The third-order valence-electron chi connectivity index (χ3n) is 6.70. The van der Waals surface area contributed by atoms with E-state index in [1.807, 2.05) is 38.2 Å². The highest BCUT2D eigenvalue weighted by molar-refractivity contribution is 5.77. The minimum Gasteiger partial charge on any atom is -0.349 e. The van der Waals surface area contributed by atoms with Crippen molar-refractivity contribution in [3.63, 3.8) is 0 Å². The minimum absolute atomic E-state index is 0.00660. The molecular formula is C26H27N7O. The van der Waals surface area contributed by atoms with Crippen molar-refractivity contribution >= 4 is 11.6 Å². The fourth-order valence-electron chi connectivity index (χ4n) is 4.92. The molecule has 1 atom stereocenters. The van der Waals surface area contributed by atoms with Crippen LogP contribution in [0.1, 0.15) is 64.6 Å². The lowest BCUT2D eigenvalue weighted by atomic mass is 9.92. The summed E-state index contributed by atoms with van der Waals surface area (Å²) in [6, 6.07) is 12.4. The van der Waals surface area contributed by atoms with Crippen LogP contribution in [0.15, 0.2) is 42.7 Å². The topological polar surface area (TPSA) is 101 Å². The van der Waals surface area contributed by atoms with Crippen molar-refractivity contribution in [2.45, 2.75) is 58.5 Å². The van der Waals surface area contributed by atoms with Gasteiger partial charge in [0.2, 0.25) is 5.91 Å². The number of nitrogens with zero attached hydrogens (tertiary/aromatic N) is 6. The van der Waals surface area contributed by atoms with Gasteiger partial charge < -0.3 is 5.32 Å². The van der Waals surface area contributed by atoms with Gasteiger partial charge in [0.1, 0.15) is 11.6 Å². The lowest BCUT2D eigenvalue weighted by Crippen LogP contribution is -2.31. The summed E-state index contributed by atoms with van der Waals surface area (Å²) in [7, 11) is 0. The molecule has 1 aromatic carbocycles. The number of aryl methyl sites for hydroxylation is 2. The van der Waals surface area contributed by atoms with E-state index in [9.17, 15) is 10.1 Å². The fraction of sp³-hybridized carbons (Fsp3) is 0.346. The van der Waals surface area contributed by atoms with E-state index in [1.54, 1.807) is 4.52 Å². The molecule has 1 unspecified atom stereocenters. The molecule has 0 saturated heterocycles. The van der Waals surface area contributed by atoms with E-state index < -0.39 is 0 Å². The van der Waals surface area contributed by atoms with Gasteiger partial charge in [-0.05, 0) is 50.7 Å². The van der Waals surface area contributed by atoms with Crippen LogP contribution in [-0.4, -0.2) is 30.3 Å². The Bertz CT molecular complexity index is 1390. The number of hydrogen-bond acceptors (Lipinski definition) is 5. The molecule has 1 aliphatic carbocycles. The van der Waals surface area contributed by atoms with E-state index in [4.69, 9.17) is 0 Å². The number of benzene rings is 1. The molecule has 1 aliphatic rings. The van der Waals surface area contributed by atoms with Gasteiger partial charge in [0.25, 0.3) is 0 Å². The van der Waals surface area contributed by atoms with Crippen LogP contribution in [-0.2, 0) is 24.2 Å². The number of carbonyl (C=O) groups excluding carboxylic acids is 1. The Morgan fingerprint density at radius 2 is 2.03 bits per heavy atom. The summed E-state index contributed by atoms with van der Waals surface area (Å²) in [5.74, 6) is 0.0192. The van der Waals surface area contributed by atoms with E-state index in [2.05, 4.69) is 43.4 Å². The molecule has 0 spiro atoms. The van der Waals surface area contributed by atoms with Crippen LogP contribution in [0.2, 0.25) is 0 Å². The second-order valence-corrected chi connectivity index (χ2v) is 8.87. The van der Waals surface area contributed by atoms with E-state index in [-0.39, 0.29) is 11.9 Å². The summed E-state index contributed by atoms with van der Waals surface area (Å²) >= 11 is 0. The van der Waals surface area contributed by atoms with Crippen molar-refractivity contribution in [2.24, 2.45) is 0 Å². The molecule has 1 amide bonds. The number of amides is 1. The van der Waals surface area contributed by atoms with Crippen molar-refractivity contribution in [1.29, 1.82) is 5.26 Å². The molecule has 34 heavy (non-hydrogen) atoms. The summed E-state index contributed by atoms with van der Waals surface area (Å²) in [6.45, 7) is 4.62. The van der Waals surface area contributed by atoms with E-state index >= 15 is 0 Å². The Balaban J connectivity index is 1.27. The molecule has 4 aromatic rings. The number of nitrogens with one attached hydrogen (secondary N) is 1. The van der Waals surface area contributed by atoms with Gasteiger partial charge in [-0.2, -0.15) is 15.5 Å². The molecular weight excluding hydrogens is 426 g/mol. The monoisotopic (exact) mass is 453 g/mol. The predicted octanol–water partition coefficient (Wildman–Crippen LogP) is 3.59. The van der Waals surface area contributed by atoms with Gasteiger partial charge >= 0.3 is 0 Å². The van der Waals surface area contributed by atoms with E-state index in [1.165, 1.54) is 17.5 Å². The quantitative estimate of drug-likeness (QED) is 0.481. The van der Waals surface area contributed by atoms with Crippen molar-refractivity contribution in [2.75, 3.05) is 0 Å². The maximum absolute atomic E-state index is 12.9. The first-order valence-corrected chi connectivity index (χ1v) is 11.7. The number of carbonyl (C=O) groups is 1. The molecule has 0 bridgehead atoms. The SMILES string of the molecule is Cc1nc2c(C#N)cnn2c(C)c1CCC(=O)NC1CCCc2c1cnn2Cc1ccccc1. The zero-order valence-corrected chi connectivity index (χ0v) is 19.5. The molecule has 0 radical (unpaired) electrons. The maximum atomic E-state index is 12.9. The number of hydrogen-bond donors (Lipinski definition) is 1. The van der Waals surface area contributed by atoms with Crippen LogP contribution in [0.4, 0.5) is 0 Å². The van der Waals surface area contributed by atoms with Crippen LogP contribution < -0.4 is 5.32 Å². The molecule has 1 N–H and O–H groups in total. The van der Waals surface area contributed by atoms with Crippen molar-refractivity contribution < 1.29 is 4.79 Å². The third kappa shape index (κ3) is 4.05. The molecule has 172 valence electrons. The Morgan fingerprint density at radius 1 is 1.21 bits per heavy atom. The summed E-state index contributed by atoms with van der Waals surface area (Å²) in [6.07, 6.45) is 7.31. The summed E-state index contributed by atoms with van der Waals surface area (Å²) in [4.78, 5) is 17.5. The minimum atomic E-state index is -0.00660. The van der Waals surface area contributed by atoms with Crippen LogP contribution in [0.25, 0.3) is 5.65 Å². The van der Waals surface area contributed by atoms with E-state index in [0.29, 0.717) is 24.1 Å². The highest BCUT2D eigenvalue weighted by atomic mass is 16.1. The summed E-state index contributed by atoms with van der Waals surface area (Å²) in [5, 5.41) is 21.4. The highest BCUT2D eigenvalue weighted by Crippen LogP contribution is 2.30. The molecule has 5 rings (SSSR count). The largest absolute Gasteiger partial charge is 0.349 e. The zero-order chi connectivity index (χ0) is 23.7. The molecule has 0 aliphatic heterocycles. The second-order valence-electron chi connectivity index (χ2n) is 8.87. The first-order valence-electron chi connectivity index (χ1n) is 11.7. The van der Waals surface area contributed by atoms with Gasteiger partial charge in [-0.3, -0.25) is 9.48 Å². The number of rotatable bonds is 6. The van der Waals surface area contributed by atoms with Gasteiger partial charge in [0.15, 0.2) is 5.65 Å². The Morgan fingerprint density at radius 3 is 2.82 bits per heavy atom. The lowest BCUT2D eigenvalue weighted by Gasteiger charge is -2.24. The van der Waals surface area contributed by atoms with Crippen LogP contribution in [0, 0.1) is 25.2 Å². The van der Waals surface area contributed by atoms with Crippen LogP contribution in [0.5, 0.6) is 0 Å². The molecule has 3 aromatic heterocycles. The lowest BCUT2D eigenvalue weighted by molar-refractivity contribution is -0.121. The average Bonchev–Trinajstić information content (AvgIpc) is 3.44.